The van der Waals surface area contributed by atoms with E-state index in [2.05, 4.69) is 9.59 Å². The highest BCUT2D eigenvalue weighted by molar-refractivity contribution is 7.92. The Hall–Kier alpha value is -2.53. The monoisotopic (exact) mass is 436 g/mol. The molecule has 0 N–H and O–H groups in total. The third kappa shape index (κ3) is 3.84. The summed E-state index contributed by atoms with van der Waals surface area (Å²) in [5.74, 6) is -0.780. The summed E-state index contributed by atoms with van der Waals surface area (Å²) in [5.41, 5.74) is 2.53. The van der Waals surface area contributed by atoms with Gasteiger partial charge in [-0.3, -0.25) is 9.36 Å². The molecule has 0 unspecified atom stereocenters. The number of fused-ring (bicyclic) bond motifs is 1. The molecule has 1 aliphatic rings. The molecule has 0 atom stereocenters. The topological polar surface area (TPSA) is 115 Å². The van der Waals surface area contributed by atoms with Crippen LogP contribution in [-0.4, -0.2) is 52.7 Å². The summed E-state index contributed by atoms with van der Waals surface area (Å²) in [6.45, 7) is 2.75. The average Bonchev–Trinajstić information content (AvgIpc) is 3.28. The summed E-state index contributed by atoms with van der Waals surface area (Å²) in [7, 11) is -3.37. The number of amides is 1. The molecule has 0 aliphatic carbocycles. The number of nitrogens with zero attached hydrogens (tertiary/aromatic N) is 4. The Bertz CT molecular complexity index is 1230. The van der Waals surface area contributed by atoms with Gasteiger partial charge in [0.1, 0.15) is 6.54 Å². The van der Waals surface area contributed by atoms with Crippen molar-refractivity contribution >= 4 is 38.4 Å². The van der Waals surface area contributed by atoms with Crippen molar-refractivity contribution in [2.75, 3.05) is 19.3 Å². The third-order valence-corrected chi connectivity index (χ3v) is 7.72. The molecule has 0 saturated carbocycles. The molecule has 4 rings (SSSR count). The standard InChI is InChI=1S/C18H20N4O5S2/c1-11-3-4-14-13(9-11)22(18(24)27-14)10-15(23)21-7-5-12(6-8-21)16-17(28-20-19-16)29(2,25)26/h3-4,9,12H,5-8,10H2,1-2H3. The van der Waals surface area contributed by atoms with E-state index in [1.54, 1.807) is 11.0 Å². The first kappa shape index (κ1) is 19.8. The normalized spacial score (nSPS) is 15.9. The van der Waals surface area contributed by atoms with Gasteiger partial charge in [0, 0.05) is 36.8 Å². The van der Waals surface area contributed by atoms with Crippen LogP contribution in [0, 0.1) is 6.92 Å². The van der Waals surface area contributed by atoms with Gasteiger partial charge in [-0.15, -0.1) is 5.10 Å². The van der Waals surface area contributed by atoms with Gasteiger partial charge in [0.15, 0.2) is 19.6 Å². The van der Waals surface area contributed by atoms with Crippen LogP contribution in [0.15, 0.2) is 31.6 Å². The molecule has 29 heavy (non-hydrogen) atoms. The zero-order chi connectivity index (χ0) is 20.8. The molecule has 1 saturated heterocycles. The summed E-state index contributed by atoms with van der Waals surface area (Å²) >= 11 is 0.886. The van der Waals surface area contributed by atoms with E-state index in [0.29, 0.717) is 42.7 Å². The number of likely N-dealkylation sites (tertiary alicyclic amines) is 1. The van der Waals surface area contributed by atoms with Crippen molar-refractivity contribution in [3.8, 4) is 0 Å². The molecule has 154 valence electrons. The van der Waals surface area contributed by atoms with Crippen molar-refractivity contribution in [3.63, 3.8) is 0 Å². The molecule has 1 aliphatic heterocycles. The second kappa shape index (κ2) is 7.38. The van der Waals surface area contributed by atoms with Gasteiger partial charge in [0.2, 0.25) is 5.91 Å². The lowest BCUT2D eigenvalue weighted by Crippen LogP contribution is -2.41. The van der Waals surface area contributed by atoms with Gasteiger partial charge in [-0.25, -0.2) is 13.2 Å². The van der Waals surface area contributed by atoms with Crippen LogP contribution in [0.2, 0.25) is 0 Å². The Morgan fingerprint density at radius 1 is 1.31 bits per heavy atom. The lowest BCUT2D eigenvalue weighted by Gasteiger charge is -2.31. The summed E-state index contributed by atoms with van der Waals surface area (Å²) in [6, 6.07) is 5.39. The molecule has 1 fully saturated rings. The SMILES string of the molecule is Cc1ccc2oc(=O)n(CC(=O)N3CCC(c4nnsc4S(C)(=O)=O)CC3)c2c1. The minimum Gasteiger partial charge on any atom is -0.408 e. The highest BCUT2D eigenvalue weighted by Crippen LogP contribution is 2.32. The molecule has 0 bridgehead atoms. The van der Waals surface area contributed by atoms with E-state index >= 15 is 0 Å². The van der Waals surface area contributed by atoms with Crippen LogP contribution < -0.4 is 5.76 Å². The van der Waals surface area contributed by atoms with Crippen molar-refractivity contribution in [1.82, 2.24) is 19.1 Å². The van der Waals surface area contributed by atoms with Crippen LogP contribution >= 0.6 is 11.5 Å². The Morgan fingerprint density at radius 2 is 2.03 bits per heavy atom. The average molecular weight is 437 g/mol. The minimum atomic E-state index is -3.37. The largest absolute Gasteiger partial charge is 0.420 e. The summed E-state index contributed by atoms with van der Waals surface area (Å²) in [4.78, 5) is 26.6. The minimum absolute atomic E-state index is 0.0531. The van der Waals surface area contributed by atoms with Crippen LogP contribution in [-0.2, 0) is 21.2 Å². The number of benzene rings is 1. The van der Waals surface area contributed by atoms with Crippen molar-refractivity contribution in [1.29, 1.82) is 0 Å². The quantitative estimate of drug-likeness (QED) is 0.609. The third-order valence-electron chi connectivity index (χ3n) is 5.17. The molecule has 1 aromatic carbocycles. The van der Waals surface area contributed by atoms with Gasteiger partial charge in [-0.1, -0.05) is 10.6 Å². The van der Waals surface area contributed by atoms with Gasteiger partial charge < -0.3 is 9.32 Å². The van der Waals surface area contributed by atoms with Crippen LogP contribution in [0.25, 0.3) is 11.1 Å². The van der Waals surface area contributed by atoms with Gasteiger partial charge in [0.05, 0.1) is 11.2 Å². The van der Waals surface area contributed by atoms with Crippen LogP contribution in [0.1, 0.15) is 30.0 Å². The molecule has 11 heteroatoms. The maximum absolute atomic E-state index is 12.8. The fourth-order valence-corrected chi connectivity index (χ4v) is 5.39. The Morgan fingerprint density at radius 3 is 2.72 bits per heavy atom. The Kier molecular flexibility index (Phi) is 5.03. The van der Waals surface area contributed by atoms with E-state index in [9.17, 15) is 18.0 Å². The second-order valence-corrected chi connectivity index (χ2v) is 10.3. The number of aryl methyl sites for hydroxylation is 1. The lowest BCUT2D eigenvalue weighted by molar-refractivity contribution is -0.132. The van der Waals surface area contributed by atoms with Crippen molar-refractivity contribution < 1.29 is 17.6 Å². The highest BCUT2D eigenvalue weighted by atomic mass is 32.2. The zero-order valence-electron chi connectivity index (χ0n) is 16.0. The number of piperidine rings is 1. The number of hydrogen-bond acceptors (Lipinski definition) is 8. The molecule has 1 amide bonds. The number of oxazole rings is 1. The van der Waals surface area contributed by atoms with Crippen LogP contribution in [0.5, 0.6) is 0 Å². The van der Waals surface area contributed by atoms with E-state index in [0.717, 1.165) is 23.4 Å². The zero-order valence-corrected chi connectivity index (χ0v) is 17.6. The van der Waals surface area contributed by atoms with Crippen LogP contribution in [0.3, 0.4) is 0 Å². The summed E-state index contributed by atoms with van der Waals surface area (Å²) < 4.78 is 34.4. The smallest absolute Gasteiger partial charge is 0.408 e. The van der Waals surface area contributed by atoms with E-state index in [1.807, 2.05) is 19.1 Å². The second-order valence-electron chi connectivity index (χ2n) is 7.30. The van der Waals surface area contributed by atoms with Gasteiger partial charge >= 0.3 is 5.76 Å². The molecular formula is C18H20N4O5S2. The van der Waals surface area contributed by atoms with Gasteiger partial charge in [-0.2, -0.15) is 0 Å². The predicted octanol–water partition coefficient (Wildman–Crippen LogP) is 1.56. The number of aromatic nitrogens is 3. The van der Waals surface area contributed by atoms with Crippen molar-refractivity contribution in [2.24, 2.45) is 0 Å². The molecule has 2 aromatic heterocycles. The molecular weight excluding hydrogens is 416 g/mol. The molecule has 3 aromatic rings. The number of sulfone groups is 1. The number of rotatable bonds is 4. The van der Waals surface area contributed by atoms with Crippen molar-refractivity contribution in [2.45, 2.75) is 36.4 Å². The summed E-state index contributed by atoms with van der Waals surface area (Å²) in [5, 5.41) is 4.02. The van der Waals surface area contributed by atoms with E-state index < -0.39 is 15.6 Å². The molecule has 0 spiro atoms. The van der Waals surface area contributed by atoms with E-state index in [4.69, 9.17) is 4.42 Å². The maximum atomic E-state index is 12.8. The van der Waals surface area contributed by atoms with Crippen LogP contribution in [0.4, 0.5) is 0 Å². The maximum Gasteiger partial charge on any atom is 0.420 e. The fraction of sp³-hybridized carbons (Fsp3) is 0.444. The van der Waals surface area contributed by atoms with E-state index in [-0.39, 0.29) is 22.6 Å². The highest BCUT2D eigenvalue weighted by Gasteiger charge is 2.30. The Labute approximate surface area is 171 Å². The first-order valence-corrected chi connectivity index (χ1v) is 11.8. The molecule has 9 nitrogen and oxygen atoms in total. The number of carbonyl (C=O) groups excluding carboxylic acids is 1. The fourth-order valence-electron chi connectivity index (χ4n) is 3.65. The van der Waals surface area contributed by atoms with E-state index in [1.165, 1.54) is 4.57 Å². The first-order valence-electron chi connectivity index (χ1n) is 9.14. The Balaban J connectivity index is 1.47. The molecule has 3 heterocycles. The van der Waals surface area contributed by atoms with Gasteiger partial charge in [0.25, 0.3) is 0 Å². The van der Waals surface area contributed by atoms with Gasteiger partial charge in [-0.05, 0) is 37.5 Å². The summed E-state index contributed by atoms with van der Waals surface area (Å²) in [6.07, 6.45) is 2.35. The predicted molar refractivity (Wildman–Crippen MR) is 107 cm³/mol. The first-order chi connectivity index (χ1) is 13.7. The van der Waals surface area contributed by atoms with Crippen molar-refractivity contribution in [3.05, 3.63) is 40.0 Å². The lowest BCUT2D eigenvalue weighted by atomic mass is 9.94. The molecule has 0 radical (unpaired) electrons. The number of hydrogen-bond donors (Lipinski definition) is 0. The number of carbonyl (C=O) groups is 1.